The summed E-state index contributed by atoms with van der Waals surface area (Å²) in [5.41, 5.74) is 0. The topological polar surface area (TPSA) is 41.5 Å². The first kappa shape index (κ1) is 12.9. The van der Waals surface area contributed by atoms with E-state index in [0.29, 0.717) is 6.54 Å². The fourth-order valence-corrected chi connectivity index (χ4v) is 1.27. The van der Waals surface area contributed by atoms with E-state index in [1.54, 1.807) is 0 Å². The maximum Gasteiger partial charge on any atom is 0.190 e. The Labute approximate surface area is 93.0 Å². The predicted molar refractivity (Wildman–Crippen MR) is 56.4 cm³/mol. The molecule has 0 aliphatic rings. The molecule has 1 rings (SSSR count). The molecule has 90 valence electrons. The van der Waals surface area contributed by atoms with Gasteiger partial charge < -0.3 is 15.2 Å². The Morgan fingerprint density at radius 3 is 2.50 bits per heavy atom. The third kappa shape index (κ3) is 3.43. The van der Waals surface area contributed by atoms with Crippen molar-refractivity contribution in [1.29, 1.82) is 0 Å². The first-order valence-electron chi connectivity index (χ1n) is 5.10. The summed E-state index contributed by atoms with van der Waals surface area (Å²) < 4.78 is 31.3. The summed E-state index contributed by atoms with van der Waals surface area (Å²) in [6, 6.07) is 3.19. The first-order valence-corrected chi connectivity index (χ1v) is 5.10. The molecule has 1 unspecified atom stereocenters. The highest BCUT2D eigenvalue weighted by atomic mass is 19.1. The average molecular weight is 231 g/mol. The second-order valence-corrected chi connectivity index (χ2v) is 3.30. The van der Waals surface area contributed by atoms with Gasteiger partial charge in [-0.2, -0.15) is 0 Å². The number of ether oxygens (including phenoxy) is 1. The fourth-order valence-electron chi connectivity index (χ4n) is 1.27. The maximum atomic E-state index is 13.1. The zero-order chi connectivity index (χ0) is 12.0. The van der Waals surface area contributed by atoms with Crippen LogP contribution < -0.4 is 10.1 Å². The second-order valence-electron chi connectivity index (χ2n) is 3.30. The van der Waals surface area contributed by atoms with Gasteiger partial charge in [-0.15, -0.1) is 0 Å². The Bertz CT molecular complexity index is 314. The van der Waals surface area contributed by atoms with E-state index in [4.69, 9.17) is 9.84 Å². The van der Waals surface area contributed by atoms with Crippen molar-refractivity contribution in [1.82, 2.24) is 5.32 Å². The van der Waals surface area contributed by atoms with Crippen LogP contribution in [0.4, 0.5) is 8.78 Å². The van der Waals surface area contributed by atoms with Crippen molar-refractivity contribution in [3.05, 3.63) is 29.8 Å². The molecule has 0 bridgehead atoms. The number of halogens is 2. The van der Waals surface area contributed by atoms with Crippen LogP contribution in [0.5, 0.6) is 5.75 Å². The quantitative estimate of drug-likeness (QED) is 0.775. The minimum atomic E-state index is -0.742. The van der Waals surface area contributed by atoms with Crippen LogP contribution in [0, 0.1) is 11.6 Å². The van der Waals surface area contributed by atoms with E-state index < -0.39 is 17.4 Å². The van der Waals surface area contributed by atoms with Crippen molar-refractivity contribution in [2.75, 3.05) is 19.8 Å². The molecule has 0 amide bonds. The normalized spacial score (nSPS) is 12.5. The summed E-state index contributed by atoms with van der Waals surface area (Å²) in [5, 5.41) is 11.9. The molecular formula is C11H15F2NO2. The van der Waals surface area contributed by atoms with Crippen LogP contribution in [-0.2, 0) is 0 Å². The molecule has 2 N–H and O–H groups in total. The van der Waals surface area contributed by atoms with Crippen molar-refractivity contribution in [3.63, 3.8) is 0 Å². The lowest BCUT2D eigenvalue weighted by Crippen LogP contribution is -2.37. The summed E-state index contributed by atoms with van der Waals surface area (Å²) in [7, 11) is 0. The first-order chi connectivity index (χ1) is 7.69. The van der Waals surface area contributed by atoms with E-state index in [1.165, 1.54) is 6.07 Å². The van der Waals surface area contributed by atoms with Gasteiger partial charge in [-0.1, -0.05) is 13.0 Å². The summed E-state index contributed by atoms with van der Waals surface area (Å²) in [4.78, 5) is 0. The van der Waals surface area contributed by atoms with Crippen LogP contribution in [0.3, 0.4) is 0 Å². The summed E-state index contributed by atoms with van der Waals surface area (Å²) >= 11 is 0. The van der Waals surface area contributed by atoms with Crippen LogP contribution in [-0.4, -0.2) is 30.9 Å². The van der Waals surface area contributed by atoms with Gasteiger partial charge in [0.15, 0.2) is 17.4 Å². The minimum Gasteiger partial charge on any atom is -0.486 e. The van der Waals surface area contributed by atoms with Crippen molar-refractivity contribution >= 4 is 0 Å². The molecule has 1 aromatic carbocycles. The van der Waals surface area contributed by atoms with E-state index in [-0.39, 0.29) is 19.3 Å². The molecule has 1 aromatic rings. The third-order valence-electron chi connectivity index (χ3n) is 2.06. The number of para-hydroxylation sites is 1. The summed E-state index contributed by atoms with van der Waals surface area (Å²) in [5.74, 6) is -1.89. The zero-order valence-corrected chi connectivity index (χ0v) is 9.04. The number of aliphatic hydroxyl groups excluding tert-OH is 1. The fraction of sp³-hybridized carbons (Fsp3) is 0.455. The SMILES string of the molecule is CCNC(CO)COc1c(F)cccc1F. The molecule has 0 saturated carbocycles. The zero-order valence-electron chi connectivity index (χ0n) is 9.04. The summed E-state index contributed by atoms with van der Waals surface area (Å²) in [6.45, 7) is 2.38. The number of hydrogen-bond donors (Lipinski definition) is 2. The van der Waals surface area contributed by atoms with Gasteiger partial charge in [-0.3, -0.25) is 0 Å². The Balaban J connectivity index is 2.59. The Hall–Kier alpha value is -1.20. The van der Waals surface area contributed by atoms with Crippen LogP contribution in [0.1, 0.15) is 6.92 Å². The van der Waals surface area contributed by atoms with E-state index in [2.05, 4.69) is 5.32 Å². The molecule has 0 radical (unpaired) electrons. The minimum absolute atomic E-state index is 0.0161. The van der Waals surface area contributed by atoms with Crippen LogP contribution in [0.25, 0.3) is 0 Å². The molecule has 3 nitrogen and oxygen atoms in total. The van der Waals surface area contributed by atoms with Crippen molar-refractivity contribution in [2.45, 2.75) is 13.0 Å². The third-order valence-corrected chi connectivity index (χ3v) is 2.06. The molecule has 5 heteroatoms. The number of rotatable bonds is 6. The largest absolute Gasteiger partial charge is 0.486 e. The van der Waals surface area contributed by atoms with Gasteiger partial charge in [0.05, 0.1) is 12.6 Å². The Morgan fingerprint density at radius 2 is 2.00 bits per heavy atom. The van der Waals surface area contributed by atoms with Gasteiger partial charge in [-0.05, 0) is 18.7 Å². The highest BCUT2D eigenvalue weighted by molar-refractivity contribution is 5.26. The lowest BCUT2D eigenvalue weighted by molar-refractivity contribution is 0.177. The lowest BCUT2D eigenvalue weighted by atomic mass is 10.3. The van der Waals surface area contributed by atoms with Crippen molar-refractivity contribution in [2.24, 2.45) is 0 Å². The molecule has 0 aromatic heterocycles. The van der Waals surface area contributed by atoms with Crippen molar-refractivity contribution < 1.29 is 18.6 Å². The highest BCUT2D eigenvalue weighted by Crippen LogP contribution is 2.20. The van der Waals surface area contributed by atoms with E-state index in [1.807, 2.05) is 6.92 Å². The molecule has 0 saturated heterocycles. The number of benzene rings is 1. The van der Waals surface area contributed by atoms with Gasteiger partial charge in [0, 0.05) is 0 Å². The molecule has 1 atom stereocenters. The summed E-state index contributed by atoms with van der Waals surface area (Å²) in [6.07, 6.45) is 0. The molecule has 0 aliphatic heterocycles. The van der Waals surface area contributed by atoms with Gasteiger partial charge in [0.2, 0.25) is 0 Å². The van der Waals surface area contributed by atoms with E-state index >= 15 is 0 Å². The number of hydrogen-bond acceptors (Lipinski definition) is 3. The highest BCUT2D eigenvalue weighted by Gasteiger charge is 2.12. The van der Waals surface area contributed by atoms with Crippen LogP contribution >= 0.6 is 0 Å². The standard InChI is InChI=1S/C11H15F2NO2/c1-2-14-8(6-15)7-16-11-9(12)4-3-5-10(11)13/h3-5,8,14-15H,2,6-7H2,1H3. The van der Waals surface area contributed by atoms with Gasteiger partial charge in [-0.25, -0.2) is 8.78 Å². The molecule has 0 heterocycles. The molecule has 0 spiro atoms. The Morgan fingerprint density at radius 1 is 1.38 bits per heavy atom. The van der Waals surface area contributed by atoms with Crippen LogP contribution in [0.15, 0.2) is 18.2 Å². The number of aliphatic hydroxyl groups is 1. The van der Waals surface area contributed by atoms with E-state index in [0.717, 1.165) is 12.1 Å². The monoisotopic (exact) mass is 231 g/mol. The molecule has 0 fully saturated rings. The molecule has 16 heavy (non-hydrogen) atoms. The van der Waals surface area contributed by atoms with E-state index in [9.17, 15) is 8.78 Å². The van der Waals surface area contributed by atoms with Crippen molar-refractivity contribution in [3.8, 4) is 5.75 Å². The van der Waals surface area contributed by atoms with Gasteiger partial charge in [0.1, 0.15) is 6.61 Å². The molecule has 0 aliphatic carbocycles. The predicted octanol–water partition coefficient (Wildman–Crippen LogP) is 1.31. The number of nitrogens with one attached hydrogen (secondary N) is 1. The maximum absolute atomic E-state index is 13.1. The van der Waals surface area contributed by atoms with Gasteiger partial charge >= 0.3 is 0 Å². The molecular weight excluding hydrogens is 216 g/mol. The Kier molecular flexibility index (Phi) is 5.14. The average Bonchev–Trinajstić information content (AvgIpc) is 2.27. The number of likely N-dealkylation sites (N-methyl/N-ethyl adjacent to an activating group) is 1. The smallest absolute Gasteiger partial charge is 0.190 e. The lowest BCUT2D eigenvalue weighted by Gasteiger charge is -2.16. The second kappa shape index (κ2) is 6.40. The van der Waals surface area contributed by atoms with Crippen LogP contribution in [0.2, 0.25) is 0 Å². The van der Waals surface area contributed by atoms with Gasteiger partial charge in [0.25, 0.3) is 0 Å².